The minimum absolute atomic E-state index is 0.0731. The van der Waals surface area contributed by atoms with E-state index in [-0.39, 0.29) is 12.5 Å². The van der Waals surface area contributed by atoms with Gasteiger partial charge in [0.1, 0.15) is 11.5 Å². The molecule has 0 fully saturated rings. The van der Waals surface area contributed by atoms with Crippen LogP contribution in [0.2, 0.25) is 0 Å². The van der Waals surface area contributed by atoms with E-state index >= 15 is 0 Å². The van der Waals surface area contributed by atoms with Crippen LogP contribution in [-0.4, -0.2) is 24.7 Å². The molecular weight excluding hydrogens is 426 g/mol. The van der Waals surface area contributed by atoms with Crippen LogP contribution in [0.15, 0.2) is 42.5 Å². The number of ether oxygens (including phenoxy) is 2. The molecule has 34 heavy (non-hydrogen) atoms. The van der Waals surface area contributed by atoms with Gasteiger partial charge in [0.05, 0.1) is 25.9 Å². The summed E-state index contributed by atoms with van der Waals surface area (Å²) >= 11 is 0. The zero-order chi connectivity index (χ0) is 24.4. The van der Waals surface area contributed by atoms with Crippen molar-refractivity contribution in [2.45, 2.75) is 90.6 Å². The minimum atomic E-state index is -0.265. The van der Waals surface area contributed by atoms with Gasteiger partial charge in [-0.15, -0.1) is 0 Å². The van der Waals surface area contributed by atoms with E-state index in [2.05, 4.69) is 12.2 Å². The number of carbonyl (C=O) groups excluding carboxylic acids is 1. The van der Waals surface area contributed by atoms with Crippen molar-refractivity contribution in [2.24, 2.45) is 0 Å². The molecule has 2 N–H and O–H groups in total. The normalized spacial score (nSPS) is 10.8. The van der Waals surface area contributed by atoms with Gasteiger partial charge in [-0.2, -0.15) is 0 Å². The molecule has 0 aliphatic rings. The fourth-order valence-electron chi connectivity index (χ4n) is 4.01. The fraction of sp³-hybridized carbons (Fsp3) is 0.552. The lowest BCUT2D eigenvalue weighted by Gasteiger charge is -2.13. The van der Waals surface area contributed by atoms with Crippen LogP contribution in [0.1, 0.15) is 99.9 Å². The fourth-order valence-corrected chi connectivity index (χ4v) is 4.01. The van der Waals surface area contributed by atoms with Gasteiger partial charge >= 0.3 is 0 Å². The summed E-state index contributed by atoms with van der Waals surface area (Å²) in [6.45, 7) is 2.78. The van der Waals surface area contributed by atoms with Gasteiger partial charge in [0, 0.05) is 5.69 Å². The van der Waals surface area contributed by atoms with Crippen LogP contribution in [0.5, 0.6) is 11.5 Å². The number of rotatable bonds is 18. The molecule has 0 heterocycles. The minimum Gasteiger partial charge on any atom is -0.497 e. The number of benzene rings is 2. The molecule has 0 saturated carbocycles. The number of hydrogen-bond donors (Lipinski definition) is 2. The first-order valence-electron chi connectivity index (χ1n) is 13.0. The first kappa shape index (κ1) is 27.7. The number of methoxy groups -OCH3 is 1. The Balaban J connectivity index is 1.72. The van der Waals surface area contributed by atoms with Crippen LogP contribution < -0.4 is 14.8 Å². The SMILES string of the molecule is CCCCCCCCCCCCCCOc1ccc(OC)cc1C(=O)Nc1cccc(CO)c1. The summed E-state index contributed by atoms with van der Waals surface area (Å²) in [5.74, 6) is 0.894. The summed E-state index contributed by atoms with van der Waals surface area (Å²) < 4.78 is 11.3. The van der Waals surface area contributed by atoms with Gasteiger partial charge in [-0.1, -0.05) is 89.7 Å². The lowest BCUT2D eigenvalue weighted by molar-refractivity contribution is 0.102. The third-order valence-electron chi connectivity index (χ3n) is 6.05. The third kappa shape index (κ3) is 10.6. The summed E-state index contributed by atoms with van der Waals surface area (Å²) in [5.41, 5.74) is 1.81. The van der Waals surface area contributed by atoms with Gasteiger partial charge in [0.2, 0.25) is 0 Å². The molecular formula is C29H43NO4. The Morgan fingerprint density at radius 1 is 0.853 bits per heavy atom. The molecule has 188 valence electrons. The van der Waals surface area contributed by atoms with Crippen molar-refractivity contribution in [1.82, 2.24) is 0 Å². The Kier molecular flexibility index (Phi) is 13.8. The largest absolute Gasteiger partial charge is 0.497 e. The summed E-state index contributed by atoms with van der Waals surface area (Å²) in [4.78, 5) is 12.9. The number of aliphatic hydroxyl groups excluding tert-OH is 1. The van der Waals surface area contributed by atoms with E-state index in [0.29, 0.717) is 29.4 Å². The molecule has 0 atom stereocenters. The van der Waals surface area contributed by atoms with E-state index in [1.54, 1.807) is 43.5 Å². The lowest BCUT2D eigenvalue weighted by atomic mass is 10.1. The van der Waals surface area contributed by atoms with Crippen molar-refractivity contribution in [3.05, 3.63) is 53.6 Å². The Bertz CT molecular complexity index is 837. The van der Waals surface area contributed by atoms with E-state index < -0.39 is 0 Å². The van der Waals surface area contributed by atoms with Crippen LogP contribution in [0.25, 0.3) is 0 Å². The molecule has 0 spiro atoms. The highest BCUT2D eigenvalue weighted by Crippen LogP contribution is 2.26. The second-order valence-corrected chi connectivity index (χ2v) is 8.91. The number of amides is 1. The highest BCUT2D eigenvalue weighted by atomic mass is 16.5. The predicted molar refractivity (Wildman–Crippen MR) is 140 cm³/mol. The number of aliphatic hydroxyl groups is 1. The first-order valence-corrected chi connectivity index (χ1v) is 13.0. The number of nitrogens with one attached hydrogen (secondary N) is 1. The average Bonchev–Trinajstić information content (AvgIpc) is 2.87. The van der Waals surface area contributed by atoms with Crippen molar-refractivity contribution >= 4 is 11.6 Å². The number of unbranched alkanes of at least 4 members (excludes halogenated alkanes) is 11. The van der Waals surface area contributed by atoms with Crippen LogP contribution in [0.3, 0.4) is 0 Å². The molecule has 0 aromatic heterocycles. The first-order chi connectivity index (χ1) is 16.7. The molecule has 0 bridgehead atoms. The standard InChI is InChI=1S/C29H43NO4/c1-3-4-5-6-7-8-9-10-11-12-13-14-20-34-28-19-18-26(33-2)22-27(28)29(32)30-25-17-15-16-24(21-25)23-31/h15-19,21-22,31H,3-14,20,23H2,1-2H3,(H,30,32). The lowest BCUT2D eigenvalue weighted by Crippen LogP contribution is -2.14. The smallest absolute Gasteiger partial charge is 0.259 e. The zero-order valence-electron chi connectivity index (χ0n) is 21.1. The molecule has 1 amide bonds. The van der Waals surface area contributed by atoms with Crippen molar-refractivity contribution in [1.29, 1.82) is 0 Å². The Hall–Kier alpha value is -2.53. The van der Waals surface area contributed by atoms with Crippen LogP contribution in [0, 0.1) is 0 Å². The third-order valence-corrected chi connectivity index (χ3v) is 6.05. The maximum Gasteiger partial charge on any atom is 0.259 e. The Morgan fingerprint density at radius 2 is 1.50 bits per heavy atom. The molecule has 5 heteroatoms. The van der Waals surface area contributed by atoms with Crippen molar-refractivity contribution in [3.63, 3.8) is 0 Å². The molecule has 0 radical (unpaired) electrons. The van der Waals surface area contributed by atoms with Crippen LogP contribution in [0.4, 0.5) is 5.69 Å². The van der Waals surface area contributed by atoms with Crippen molar-refractivity contribution < 1.29 is 19.4 Å². The second kappa shape index (κ2) is 17.0. The summed E-state index contributed by atoms with van der Waals surface area (Å²) in [6.07, 6.45) is 15.6. The van der Waals surface area contributed by atoms with Gasteiger partial charge in [-0.3, -0.25) is 4.79 Å². The molecule has 2 rings (SSSR count). The molecule has 0 aliphatic carbocycles. The number of hydrogen-bond acceptors (Lipinski definition) is 4. The maximum atomic E-state index is 12.9. The van der Waals surface area contributed by atoms with Crippen LogP contribution in [-0.2, 0) is 6.61 Å². The van der Waals surface area contributed by atoms with E-state index in [9.17, 15) is 9.90 Å². The summed E-state index contributed by atoms with van der Waals surface area (Å²) in [5, 5.41) is 12.2. The number of anilines is 1. The van der Waals surface area contributed by atoms with Gasteiger partial charge in [0.15, 0.2) is 0 Å². The van der Waals surface area contributed by atoms with E-state index in [1.165, 1.54) is 64.2 Å². The van der Waals surface area contributed by atoms with Crippen molar-refractivity contribution in [3.8, 4) is 11.5 Å². The topological polar surface area (TPSA) is 67.8 Å². The Labute approximate surface area is 205 Å². The average molecular weight is 470 g/mol. The van der Waals surface area contributed by atoms with Gasteiger partial charge in [-0.25, -0.2) is 0 Å². The van der Waals surface area contributed by atoms with Crippen molar-refractivity contribution in [2.75, 3.05) is 19.0 Å². The monoisotopic (exact) mass is 469 g/mol. The molecule has 2 aromatic rings. The molecule has 0 aliphatic heterocycles. The van der Waals surface area contributed by atoms with Gasteiger partial charge < -0.3 is 19.9 Å². The maximum absolute atomic E-state index is 12.9. The van der Waals surface area contributed by atoms with E-state index in [4.69, 9.17) is 9.47 Å². The van der Waals surface area contributed by atoms with E-state index in [1.807, 2.05) is 6.07 Å². The second-order valence-electron chi connectivity index (χ2n) is 8.91. The molecule has 0 saturated heterocycles. The molecule has 5 nitrogen and oxygen atoms in total. The highest BCUT2D eigenvalue weighted by Gasteiger charge is 2.15. The summed E-state index contributed by atoms with van der Waals surface area (Å²) in [6, 6.07) is 12.5. The zero-order valence-corrected chi connectivity index (χ0v) is 21.1. The van der Waals surface area contributed by atoms with Crippen LogP contribution >= 0.6 is 0 Å². The van der Waals surface area contributed by atoms with Gasteiger partial charge in [-0.05, 0) is 42.3 Å². The Morgan fingerprint density at radius 3 is 2.12 bits per heavy atom. The molecule has 2 aromatic carbocycles. The van der Waals surface area contributed by atoms with E-state index in [0.717, 1.165) is 18.4 Å². The quantitative estimate of drug-likeness (QED) is 0.222. The van der Waals surface area contributed by atoms with Gasteiger partial charge in [0.25, 0.3) is 5.91 Å². The predicted octanol–water partition coefficient (Wildman–Crippen LogP) is 7.52. The summed E-state index contributed by atoms with van der Waals surface area (Å²) in [7, 11) is 1.58. The molecule has 0 unspecified atom stereocenters. The highest BCUT2D eigenvalue weighted by molar-refractivity contribution is 6.06. The number of carbonyl (C=O) groups is 1.